The minimum absolute atomic E-state index is 0.0275. The molecule has 7 nitrogen and oxygen atoms in total. The van der Waals surface area contributed by atoms with Gasteiger partial charge in [-0.3, -0.25) is 19.3 Å². The minimum Gasteiger partial charge on any atom is -0.296 e. The van der Waals surface area contributed by atoms with E-state index in [0.717, 1.165) is 23.4 Å². The van der Waals surface area contributed by atoms with Crippen LogP contribution in [0.3, 0.4) is 0 Å². The Hall–Kier alpha value is -2.61. The molecule has 3 rings (SSSR count). The Labute approximate surface area is 136 Å². The summed E-state index contributed by atoms with van der Waals surface area (Å²) < 4.78 is 1.37. The van der Waals surface area contributed by atoms with Crippen LogP contribution in [0, 0.1) is 6.92 Å². The van der Waals surface area contributed by atoms with E-state index in [9.17, 15) is 9.59 Å². The van der Waals surface area contributed by atoms with Gasteiger partial charge in [-0.2, -0.15) is 0 Å². The highest BCUT2D eigenvalue weighted by molar-refractivity contribution is 7.15. The third-order valence-electron chi connectivity index (χ3n) is 3.25. The van der Waals surface area contributed by atoms with E-state index < -0.39 is 11.5 Å². The van der Waals surface area contributed by atoms with Crippen LogP contribution in [0.4, 0.5) is 5.13 Å². The van der Waals surface area contributed by atoms with Crippen molar-refractivity contribution in [3.8, 4) is 0 Å². The van der Waals surface area contributed by atoms with E-state index in [1.54, 1.807) is 12.3 Å². The molecule has 0 aromatic carbocycles. The number of aryl methyl sites for hydroxylation is 2. The molecule has 0 aliphatic rings. The molecule has 0 saturated heterocycles. The highest BCUT2D eigenvalue weighted by Crippen LogP contribution is 2.17. The number of nitrogens with zero attached hydrogens (tertiary/aromatic N) is 4. The summed E-state index contributed by atoms with van der Waals surface area (Å²) in [6.45, 7) is 3.92. The van der Waals surface area contributed by atoms with Gasteiger partial charge >= 0.3 is 0 Å². The first-order valence-corrected chi connectivity index (χ1v) is 8.02. The van der Waals surface area contributed by atoms with Gasteiger partial charge in [0.2, 0.25) is 5.13 Å². The summed E-state index contributed by atoms with van der Waals surface area (Å²) in [4.78, 5) is 28.9. The average molecular weight is 329 g/mol. The maximum absolute atomic E-state index is 12.4. The highest BCUT2D eigenvalue weighted by Gasteiger charge is 2.15. The quantitative estimate of drug-likeness (QED) is 0.791. The Morgan fingerprint density at radius 2 is 2.17 bits per heavy atom. The number of fused-ring (bicyclic) bond motifs is 1. The molecule has 1 N–H and O–H groups in total. The zero-order chi connectivity index (χ0) is 16.4. The Morgan fingerprint density at radius 3 is 2.96 bits per heavy atom. The first kappa shape index (κ1) is 15.3. The van der Waals surface area contributed by atoms with E-state index in [1.165, 1.54) is 21.9 Å². The van der Waals surface area contributed by atoms with E-state index in [1.807, 2.05) is 19.9 Å². The zero-order valence-corrected chi connectivity index (χ0v) is 13.6. The Balaban J connectivity index is 1.91. The first-order chi connectivity index (χ1) is 11.1. The van der Waals surface area contributed by atoms with E-state index in [0.29, 0.717) is 10.8 Å². The standard InChI is InChI=1S/C15H15N5O2S/c1-3-4-12-18-19-15(23-12)17-13(21)10-7-16-11-6-5-9(2)8-20(11)14(10)22/h5-8H,3-4H2,1-2H3,(H,17,19,21). The maximum Gasteiger partial charge on any atom is 0.270 e. The minimum atomic E-state index is -0.530. The second-order valence-electron chi connectivity index (χ2n) is 5.12. The molecular formula is C15H15N5O2S. The van der Waals surface area contributed by atoms with Gasteiger partial charge in [0.05, 0.1) is 0 Å². The highest BCUT2D eigenvalue weighted by atomic mass is 32.1. The SMILES string of the molecule is CCCc1nnc(NC(=O)c2cnc3ccc(C)cn3c2=O)s1. The molecule has 0 bridgehead atoms. The fourth-order valence-electron chi connectivity index (χ4n) is 2.12. The van der Waals surface area contributed by atoms with Gasteiger partial charge in [-0.05, 0) is 25.0 Å². The fraction of sp³-hybridized carbons (Fsp3) is 0.267. The normalized spacial score (nSPS) is 10.9. The van der Waals surface area contributed by atoms with Gasteiger partial charge in [0.1, 0.15) is 16.2 Å². The summed E-state index contributed by atoms with van der Waals surface area (Å²) >= 11 is 1.31. The molecular weight excluding hydrogens is 314 g/mol. The number of pyridine rings is 1. The third-order valence-corrected chi connectivity index (χ3v) is 4.14. The molecule has 0 atom stereocenters. The molecule has 3 aromatic rings. The molecule has 0 fully saturated rings. The summed E-state index contributed by atoms with van der Waals surface area (Å²) in [6, 6.07) is 3.60. The lowest BCUT2D eigenvalue weighted by Crippen LogP contribution is -2.26. The molecule has 0 aliphatic heterocycles. The number of carbonyl (C=O) groups is 1. The lowest BCUT2D eigenvalue weighted by Gasteiger charge is -2.04. The third kappa shape index (κ3) is 3.11. The van der Waals surface area contributed by atoms with E-state index in [4.69, 9.17) is 0 Å². The summed E-state index contributed by atoms with van der Waals surface area (Å²) in [5, 5.41) is 11.8. The molecule has 8 heteroatoms. The Bertz CT molecular complexity index is 931. The number of hydrogen-bond acceptors (Lipinski definition) is 6. The lowest BCUT2D eigenvalue weighted by atomic mass is 10.3. The van der Waals surface area contributed by atoms with Crippen molar-refractivity contribution < 1.29 is 4.79 Å². The number of carbonyl (C=O) groups excluding carboxylic acids is 1. The van der Waals surface area contributed by atoms with Crippen molar-refractivity contribution in [2.24, 2.45) is 0 Å². The number of anilines is 1. The fourth-order valence-corrected chi connectivity index (χ4v) is 2.96. The van der Waals surface area contributed by atoms with Crippen molar-refractivity contribution in [2.45, 2.75) is 26.7 Å². The predicted molar refractivity (Wildman–Crippen MR) is 88.1 cm³/mol. The Kier molecular flexibility index (Phi) is 4.16. The lowest BCUT2D eigenvalue weighted by molar-refractivity contribution is 0.102. The van der Waals surface area contributed by atoms with Crippen LogP contribution in [0.5, 0.6) is 0 Å². The molecule has 0 aliphatic carbocycles. The largest absolute Gasteiger partial charge is 0.296 e. The molecule has 0 radical (unpaired) electrons. The van der Waals surface area contributed by atoms with Crippen LogP contribution in [0.1, 0.15) is 34.3 Å². The van der Waals surface area contributed by atoms with Gasteiger partial charge in [-0.1, -0.05) is 24.3 Å². The molecule has 23 heavy (non-hydrogen) atoms. The van der Waals surface area contributed by atoms with Crippen molar-refractivity contribution in [3.63, 3.8) is 0 Å². The van der Waals surface area contributed by atoms with Crippen molar-refractivity contribution in [2.75, 3.05) is 5.32 Å². The molecule has 3 aromatic heterocycles. The molecule has 1 amide bonds. The number of hydrogen-bond donors (Lipinski definition) is 1. The molecule has 118 valence electrons. The van der Waals surface area contributed by atoms with E-state index in [2.05, 4.69) is 20.5 Å². The van der Waals surface area contributed by atoms with Crippen molar-refractivity contribution in [1.29, 1.82) is 0 Å². The van der Waals surface area contributed by atoms with Crippen LogP contribution in [0.15, 0.2) is 29.3 Å². The summed E-state index contributed by atoms with van der Waals surface area (Å²) in [5.41, 5.74) is 0.973. The summed E-state index contributed by atoms with van der Waals surface area (Å²) in [6.07, 6.45) is 4.72. The van der Waals surface area contributed by atoms with E-state index >= 15 is 0 Å². The van der Waals surface area contributed by atoms with Crippen LogP contribution in [-0.4, -0.2) is 25.5 Å². The van der Waals surface area contributed by atoms with Crippen LogP contribution >= 0.6 is 11.3 Å². The van der Waals surface area contributed by atoms with Crippen molar-refractivity contribution >= 4 is 28.0 Å². The second kappa shape index (κ2) is 6.25. The maximum atomic E-state index is 12.4. The first-order valence-electron chi connectivity index (χ1n) is 7.20. The predicted octanol–water partition coefficient (Wildman–Crippen LogP) is 2.06. The van der Waals surface area contributed by atoms with Gasteiger partial charge in [0, 0.05) is 18.8 Å². The molecule has 0 saturated carbocycles. The van der Waals surface area contributed by atoms with Crippen LogP contribution in [0.25, 0.3) is 5.65 Å². The Morgan fingerprint density at radius 1 is 1.35 bits per heavy atom. The van der Waals surface area contributed by atoms with Crippen molar-refractivity contribution in [3.05, 3.63) is 51.0 Å². The number of rotatable bonds is 4. The smallest absolute Gasteiger partial charge is 0.270 e. The van der Waals surface area contributed by atoms with E-state index in [-0.39, 0.29) is 5.56 Å². The zero-order valence-electron chi connectivity index (χ0n) is 12.7. The number of amides is 1. The summed E-state index contributed by atoms with van der Waals surface area (Å²) in [5.74, 6) is -0.530. The van der Waals surface area contributed by atoms with Crippen LogP contribution in [0.2, 0.25) is 0 Å². The number of aromatic nitrogens is 4. The second-order valence-corrected chi connectivity index (χ2v) is 6.18. The van der Waals surface area contributed by atoms with Gasteiger partial charge in [-0.15, -0.1) is 10.2 Å². The van der Waals surface area contributed by atoms with Gasteiger partial charge < -0.3 is 0 Å². The van der Waals surface area contributed by atoms with Crippen molar-refractivity contribution in [1.82, 2.24) is 19.6 Å². The summed E-state index contributed by atoms with van der Waals surface area (Å²) in [7, 11) is 0. The molecule has 0 spiro atoms. The average Bonchev–Trinajstić information content (AvgIpc) is 2.95. The van der Waals surface area contributed by atoms with Crippen LogP contribution < -0.4 is 10.9 Å². The van der Waals surface area contributed by atoms with Gasteiger partial charge in [0.15, 0.2) is 0 Å². The van der Waals surface area contributed by atoms with Gasteiger partial charge in [0.25, 0.3) is 11.5 Å². The number of nitrogens with one attached hydrogen (secondary N) is 1. The molecule has 0 unspecified atom stereocenters. The monoisotopic (exact) mass is 329 g/mol. The van der Waals surface area contributed by atoms with Gasteiger partial charge in [-0.25, -0.2) is 4.98 Å². The van der Waals surface area contributed by atoms with Crippen LogP contribution in [-0.2, 0) is 6.42 Å². The molecule has 3 heterocycles. The topological polar surface area (TPSA) is 89.2 Å².